The lowest BCUT2D eigenvalue weighted by molar-refractivity contribution is -0.124. The molecule has 1 amide bonds. The average Bonchev–Trinajstić information content (AvgIpc) is 1.98. The summed E-state index contributed by atoms with van der Waals surface area (Å²) in [4.78, 5) is 11.5. The van der Waals surface area contributed by atoms with Crippen LogP contribution in [0.2, 0.25) is 0 Å². The van der Waals surface area contributed by atoms with Gasteiger partial charge < -0.3 is 11.1 Å². The Morgan fingerprint density at radius 3 is 2.23 bits per heavy atom. The molecule has 0 spiro atoms. The zero-order valence-electron chi connectivity index (χ0n) is 9.35. The van der Waals surface area contributed by atoms with E-state index in [0.29, 0.717) is 0 Å². The highest BCUT2D eigenvalue weighted by Gasteiger charge is 2.22. The molecule has 1 unspecified atom stereocenters. The predicted molar refractivity (Wildman–Crippen MR) is 55.3 cm³/mol. The summed E-state index contributed by atoms with van der Waals surface area (Å²) >= 11 is 0. The molecule has 0 bridgehead atoms. The third-order valence-corrected chi connectivity index (χ3v) is 2.06. The number of hydrogen-bond acceptors (Lipinski definition) is 2. The smallest absolute Gasteiger partial charge is 0.237 e. The zero-order chi connectivity index (χ0) is 10.6. The molecule has 0 aliphatic rings. The highest BCUT2D eigenvalue weighted by Crippen LogP contribution is 2.07. The van der Waals surface area contributed by atoms with Gasteiger partial charge >= 0.3 is 0 Å². The van der Waals surface area contributed by atoms with Crippen LogP contribution >= 0.6 is 0 Å². The van der Waals surface area contributed by atoms with Crippen LogP contribution < -0.4 is 11.1 Å². The molecule has 0 aromatic heterocycles. The molecule has 0 saturated carbocycles. The van der Waals surface area contributed by atoms with Crippen molar-refractivity contribution in [1.29, 1.82) is 0 Å². The summed E-state index contributed by atoms with van der Waals surface area (Å²) in [5.74, 6) is 0.184. The fourth-order valence-corrected chi connectivity index (χ4v) is 0.965. The van der Waals surface area contributed by atoms with Crippen LogP contribution in [0.3, 0.4) is 0 Å². The third kappa shape index (κ3) is 4.88. The standard InChI is InChI=1S/C10H22N2O/c1-6-7(2)8(11)9(13)12-10(3,4)5/h7-8H,6,11H2,1-5H3,(H,12,13)/t7?,8-/m1/s1. The highest BCUT2D eigenvalue weighted by molar-refractivity contribution is 5.82. The van der Waals surface area contributed by atoms with E-state index in [1.807, 2.05) is 34.6 Å². The fourth-order valence-electron chi connectivity index (χ4n) is 0.965. The van der Waals surface area contributed by atoms with Crippen LogP contribution in [-0.4, -0.2) is 17.5 Å². The second kappa shape index (κ2) is 4.61. The Hall–Kier alpha value is -0.570. The molecular formula is C10H22N2O. The van der Waals surface area contributed by atoms with Crippen LogP contribution in [-0.2, 0) is 4.79 Å². The van der Waals surface area contributed by atoms with Gasteiger partial charge in [0.2, 0.25) is 5.91 Å². The van der Waals surface area contributed by atoms with E-state index in [0.717, 1.165) is 6.42 Å². The van der Waals surface area contributed by atoms with Gasteiger partial charge in [-0.25, -0.2) is 0 Å². The Labute approximate surface area is 81.1 Å². The molecule has 3 N–H and O–H groups in total. The van der Waals surface area contributed by atoms with Crippen molar-refractivity contribution in [2.45, 2.75) is 52.6 Å². The van der Waals surface area contributed by atoms with Gasteiger partial charge in [0.15, 0.2) is 0 Å². The molecule has 0 fully saturated rings. The van der Waals surface area contributed by atoms with E-state index in [4.69, 9.17) is 5.73 Å². The SMILES string of the molecule is CCC(C)[C@@H](N)C(=O)NC(C)(C)C. The van der Waals surface area contributed by atoms with Crippen molar-refractivity contribution in [3.63, 3.8) is 0 Å². The van der Waals surface area contributed by atoms with Gasteiger partial charge in [-0.05, 0) is 26.7 Å². The van der Waals surface area contributed by atoms with E-state index in [9.17, 15) is 4.79 Å². The molecule has 78 valence electrons. The Morgan fingerprint density at radius 1 is 1.46 bits per heavy atom. The number of carbonyl (C=O) groups excluding carboxylic acids is 1. The number of amides is 1. The van der Waals surface area contributed by atoms with Gasteiger partial charge in [-0.15, -0.1) is 0 Å². The lowest BCUT2D eigenvalue weighted by Gasteiger charge is -2.25. The van der Waals surface area contributed by atoms with Crippen LogP contribution in [0.1, 0.15) is 41.0 Å². The number of hydrogen-bond donors (Lipinski definition) is 2. The highest BCUT2D eigenvalue weighted by atomic mass is 16.2. The molecule has 0 saturated heterocycles. The van der Waals surface area contributed by atoms with Gasteiger partial charge in [0.1, 0.15) is 0 Å². The topological polar surface area (TPSA) is 55.1 Å². The van der Waals surface area contributed by atoms with E-state index in [-0.39, 0.29) is 23.4 Å². The maximum Gasteiger partial charge on any atom is 0.237 e. The lowest BCUT2D eigenvalue weighted by Crippen LogP contribution is -2.51. The van der Waals surface area contributed by atoms with Crippen molar-refractivity contribution in [3.05, 3.63) is 0 Å². The summed E-state index contributed by atoms with van der Waals surface area (Å²) in [6.07, 6.45) is 0.929. The minimum atomic E-state index is -0.385. The summed E-state index contributed by atoms with van der Waals surface area (Å²) in [5.41, 5.74) is 5.57. The van der Waals surface area contributed by atoms with Crippen LogP contribution in [0, 0.1) is 5.92 Å². The van der Waals surface area contributed by atoms with Crippen LogP contribution in [0.5, 0.6) is 0 Å². The first-order chi connectivity index (χ1) is 5.78. The van der Waals surface area contributed by atoms with Gasteiger partial charge in [-0.1, -0.05) is 20.3 Å². The summed E-state index contributed by atoms with van der Waals surface area (Å²) < 4.78 is 0. The Balaban J connectivity index is 4.12. The number of carbonyl (C=O) groups is 1. The second-order valence-electron chi connectivity index (χ2n) is 4.65. The summed E-state index contributed by atoms with van der Waals surface area (Å²) in [5, 5.41) is 2.87. The van der Waals surface area contributed by atoms with Crippen LogP contribution in [0.15, 0.2) is 0 Å². The molecule has 0 aromatic rings. The molecule has 0 rings (SSSR count). The summed E-state index contributed by atoms with van der Waals surface area (Å²) in [6.45, 7) is 9.89. The predicted octanol–water partition coefficient (Wildman–Crippen LogP) is 1.27. The maximum absolute atomic E-state index is 11.5. The van der Waals surface area contributed by atoms with Crippen molar-refractivity contribution in [1.82, 2.24) is 5.32 Å². The summed E-state index contributed by atoms with van der Waals surface area (Å²) in [7, 11) is 0. The molecule has 0 aliphatic carbocycles. The molecule has 0 radical (unpaired) electrons. The number of nitrogens with one attached hydrogen (secondary N) is 1. The molecule has 0 aliphatic heterocycles. The minimum Gasteiger partial charge on any atom is -0.350 e. The monoisotopic (exact) mass is 186 g/mol. The van der Waals surface area contributed by atoms with E-state index in [1.54, 1.807) is 0 Å². The molecule has 3 nitrogen and oxygen atoms in total. The molecule has 2 atom stereocenters. The Morgan fingerprint density at radius 2 is 1.92 bits per heavy atom. The van der Waals surface area contributed by atoms with Gasteiger partial charge in [0, 0.05) is 5.54 Å². The second-order valence-corrected chi connectivity index (χ2v) is 4.65. The largest absolute Gasteiger partial charge is 0.350 e. The van der Waals surface area contributed by atoms with E-state index in [1.165, 1.54) is 0 Å². The molecule has 3 heteroatoms. The van der Waals surface area contributed by atoms with Gasteiger partial charge in [0.05, 0.1) is 6.04 Å². The summed E-state index contributed by atoms with van der Waals surface area (Å²) in [6, 6.07) is -0.385. The fraction of sp³-hybridized carbons (Fsp3) is 0.900. The first kappa shape index (κ1) is 12.4. The van der Waals surface area contributed by atoms with Crippen LogP contribution in [0.25, 0.3) is 0 Å². The first-order valence-corrected chi connectivity index (χ1v) is 4.85. The van der Waals surface area contributed by atoms with E-state index >= 15 is 0 Å². The normalized spacial score (nSPS) is 16.5. The third-order valence-electron chi connectivity index (χ3n) is 2.06. The molecule has 0 heterocycles. The number of rotatable bonds is 3. The van der Waals surface area contributed by atoms with Gasteiger partial charge in [-0.3, -0.25) is 4.79 Å². The van der Waals surface area contributed by atoms with E-state index < -0.39 is 0 Å². The quantitative estimate of drug-likeness (QED) is 0.697. The molecule has 13 heavy (non-hydrogen) atoms. The van der Waals surface area contributed by atoms with Crippen molar-refractivity contribution in [3.8, 4) is 0 Å². The van der Waals surface area contributed by atoms with Gasteiger partial charge in [0.25, 0.3) is 0 Å². The van der Waals surface area contributed by atoms with Crippen molar-refractivity contribution in [2.24, 2.45) is 11.7 Å². The van der Waals surface area contributed by atoms with Crippen molar-refractivity contribution in [2.75, 3.05) is 0 Å². The first-order valence-electron chi connectivity index (χ1n) is 4.85. The molecular weight excluding hydrogens is 164 g/mol. The minimum absolute atomic E-state index is 0.0538. The Bertz CT molecular complexity index is 172. The van der Waals surface area contributed by atoms with Crippen LogP contribution in [0.4, 0.5) is 0 Å². The molecule has 0 aromatic carbocycles. The maximum atomic E-state index is 11.5. The van der Waals surface area contributed by atoms with Gasteiger partial charge in [-0.2, -0.15) is 0 Å². The van der Waals surface area contributed by atoms with Crippen molar-refractivity contribution < 1.29 is 4.79 Å². The zero-order valence-corrected chi connectivity index (χ0v) is 9.35. The average molecular weight is 186 g/mol. The Kier molecular flexibility index (Phi) is 4.40. The van der Waals surface area contributed by atoms with E-state index in [2.05, 4.69) is 5.32 Å². The van der Waals surface area contributed by atoms with Crippen molar-refractivity contribution >= 4 is 5.91 Å². The lowest BCUT2D eigenvalue weighted by atomic mass is 9.98. The number of nitrogens with two attached hydrogens (primary N) is 1.